The maximum absolute atomic E-state index is 13.0. The molecule has 4 N–H and O–H groups in total. The van der Waals surface area contributed by atoms with Crippen LogP contribution in [-0.4, -0.2) is 43.3 Å². The van der Waals surface area contributed by atoms with E-state index in [2.05, 4.69) is 41.4 Å². The maximum Gasteiger partial charge on any atom is 0.254 e. The number of ether oxygens (including phenoxy) is 1. The van der Waals surface area contributed by atoms with Gasteiger partial charge in [-0.1, -0.05) is 49.3 Å². The lowest BCUT2D eigenvalue weighted by Gasteiger charge is -2.29. The molecule has 0 bridgehead atoms. The summed E-state index contributed by atoms with van der Waals surface area (Å²) in [5, 5.41) is 6.33. The molecule has 2 aliphatic rings. The molecule has 0 aliphatic carbocycles. The van der Waals surface area contributed by atoms with E-state index in [0.29, 0.717) is 47.9 Å². The van der Waals surface area contributed by atoms with Gasteiger partial charge in [-0.15, -0.1) is 0 Å². The standard InChI is InChI=1S/C24H25N3O3.CH5N/c1-5-19(15-28)9-7-6-8-12-24(17(2)25-18(3)26-24)16-27-14-20-10-11-21(30-4)13-22(20)23(27)29;1-2/h5,7,9-11,13,15,25-26H,2-3,6,14,16H2,1,4H3;2H2,1H3/b9-7-,19-5+;/t24-;/m1./s1. The molecule has 1 amide bonds. The van der Waals surface area contributed by atoms with Crippen LogP contribution >= 0.6 is 0 Å². The summed E-state index contributed by atoms with van der Waals surface area (Å²) in [5.74, 6) is 7.50. The lowest BCUT2D eigenvalue weighted by Crippen LogP contribution is -2.49. The fraction of sp³-hybridized carbons (Fsp3) is 0.280. The van der Waals surface area contributed by atoms with Crippen molar-refractivity contribution in [3.05, 3.63) is 77.8 Å². The topological polar surface area (TPSA) is 96.7 Å². The number of methoxy groups -OCH3 is 1. The van der Waals surface area contributed by atoms with E-state index in [1.54, 1.807) is 37.2 Å². The largest absolute Gasteiger partial charge is 0.497 e. The normalized spacial score (nSPS) is 19.4. The molecule has 168 valence electrons. The Morgan fingerprint density at radius 3 is 2.72 bits per heavy atom. The van der Waals surface area contributed by atoms with Gasteiger partial charge in [-0.3, -0.25) is 9.59 Å². The minimum absolute atomic E-state index is 0.0687. The number of aldehydes is 1. The minimum atomic E-state index is -0.846. The SMILES string of the molecule is C=C1NC(=C)[C@@](C#CC/C=C\C(C=O)=C/C)(CN2Cc3ccc(OC)cc3C2=O)N1.CN. The van der Waals surface area contributed by atoms with Gasteiger partial charge in [0.2, 0.25) is 0 Å². The molecule has 7 nitrogen and oxygen atoms in total. The molecule has 2 heterocycles. The Balaban J connectivity index is 0.00000176. The molecule has 0 saturated carbocycles. The van der Waals surface area contributed by atoms with Gasteiger partial charge in [0, 0.05) is 29.8 Å². The van der Waals surface area contributed by atoms with E-state index in [4.69, 9.17) is 4.74 Å². The van der Waals surface area contributed by atoms with Crippen molar-refractivity contribution in [3.63, 3.8) is 0 Å². The third kappa shape index (κ3) is 5.29. The van der Waals surface area contributed by atoms with Crippen molar-refractivity contribution in [2.24, 2.45) is 5.73 Å². The van der Waals surface area contributed by atoms with Crippen molar-refractivity contribution in [1.29, 1.82) is 0 Å². The first kappa shape index (κ1) is 24.5. The van der Waals surface area contributed by atoms with Crippen molar-refractivity contribution in [1.82, 2.24) is 15.5 Å². The molecule has 1 fully saturated rings. The zero-order chi connectivity index (χ0) is 23.7. The molecule has 7 heteroatoms. The van der Waals surface area contributed by atoms with Gasteiger partial charge in [-0.2, -0.15) is 0 Å². The van der Waals surface area contributed by atoms with Crippen LogP contribution in [0.15, 0.2) is 66.7 Å². The molecule has 0 spiro atoms. The fourth-order valence-corrected chi connectivity index (χ4v) is 3.47. The van der Waals surface area contributed by atoms with E-state index < -0.39 is 5.54 Å². The maximum atomic E-state index is 13.0. The Morgan fingerprint density at radius 2 is 2.12 bits per heavy atom. The third-order valence-corrected chi connectivity index (χ3v) is 5.11. The minimum Gasteiger partial charge on any atom is -0.497 e. The van der Waals surface area contributed by atoms with Gasteiger partial charge < -0.3 is 26.0 Å². The van der Waals surface area contributed by atoms with Crippen molar-refractivity contribution in [2.45, 2.75) is 25.4 Å². The van der Waals surface area contributed by atoms with Crippen LogP contribution in [-0.2, 0) is 11.3 Å². The highest BCUT2D eigenvalue weighted by molar-refractivity contribution is 5.98. The van der Waals surface area contributed by atoms with Crippen LogP contribution < -0.4 is 21.1 Å². The molecule has 1 aromatic carbocycles. The first-order chi connectivity index (χ1) is 15.4. The number of rotatable bonds is 6. The molecule has 0 aromatic heterocycles. The second kappa shape index (κ2) is 11.0. The Bertz CT molecular complexity index is 1030. The van der Waals surface area contributed by atoms with E-state index in [0.717, 1.165) is 11.8 Å². The van der Waals surface area contributed by atoms with E-state index in [-0.39, 0.29) is 5.91 Å². The number of nitrogens with one attached hydrogen (secondary N) is 2. The summed E-state index contributed by atoms with van der Waals surface area (Å²) < 4.78 is 5.24. The third-order valence-electron chi connectivity index (χ3n) is 5.11. The van der Waals surface area contributed by atoms with Crippen LogP contribution in [0.4, 0.5) is 0 Å². The highest BCUT2D eigenvalue weighted by atomic mass is 16.5. The molecule has 0 unspecified atom stereocenters. The molecule has 3 rings (SSSR count). The lowest BCUT2D eigenvalue weighted by atomic mass is 9.97. The summed E-state index contributed by atoms with van der Waals surface area (Å²) in [5.41, 5.74) is 6.49. The first-order valence-corrected chi connectivity index (χ1v) is 10.2. The average Bonchev–Trinajstić information content (AvgIpc) is 3.26. The second-order valence-corrected chi connectivity index (χ2v) is 7.11. The molecule has 1 saturated heterocycles. The number of benzene rings is 1. The number of nitrogens with two attached hydrogens (primary N) is 1. The summed E-state index contributed by atoms with van der Waals surface area (Å²) in [4.78, 5) is 25.6. The van der Waals surface area contributed by atoms with E-state index in [1.165, 1.54) is 7.05 Å². The quantitative estimate of drug-likeness (QED) is 0.275. The number of hydrogen-bond acceptors (Lipinski definition) is 6. The molecule has 0 radical (unpaired) electrons. The number of carbonyl (C=O) groups is 2. The number of carbonyl (C=O) groups excluding carboxylic acids is 2. The summed E-state index contributed by atoms with van der Waals surface area (Å²) in [6, 6.07) is 5.53. The zero-order valence-corrected chi connectivity index (χ0v) is 18.8. The number of fused-ring (bicyclic) bond motifs is 1. The number of nitrogens with zero attached hydrogens (tertiary/aromatic N) is 1. The molecular formula is C25H30N4O3. The van der Waals surface area contributed by atoms with Crippen LogP contribution in [0.1, 0.15) is 29.3 Å². The monoisotopic (exact) mass is 434 g/mol. The van der Waals surface area contributed by atoms with Crippen molar-refractivity contribution < 1.29 is 14.3 Å². The molecule has 2 aliphatic heterocycles. The average molecular weight is 435 g/mol. The molecular weight excluding hydrogens is 404 g/mol. The van der Waals surface area contributed by atoms with Crippen LogP contribution in [0.25, 0.3) is 0 Å². The smallest absolute Gasteiger partial charge is 0.254 e. The molecule has 1 aromatic rings. The predicted octanol–water partition coefficient (Wildman–Crippen LogP) is 2.24. The van der Waals surface area contributed by atoms with Crippen molar-refractivity contribution in [3.8, 4) is 17.6 Å². The van der Waals surface area contributed by atoms with Gasteiger partial charge in [0.05, 0.1) is 19.5 Å². The Kier molecular flexibility index (Phi) is 8.45. The second-order valence-electron chi connectivity index (χ2n) is 7.11. The Morgan fingerprint density at radius 1 is 1.38 bits per heavy atom. The van der Waals surface area contributed by atoms with Crippen LogP contribution in [0.5, 0.6) is 5.75 Å². The Hall–Kier alpha value is -3.76. The highest BCUT2D eigenvalue weighted by Gasteiger charge is 2.42. The van der Waals surface area contributed by atoms with Gasteiger partial charge in [0.1, 0.15) is 12.0 Å². The zero-order valence-electron chi connectivity index (χ0n) is 18.8. The summed E-state index contributed by atoms with van der Waals surface area (Å²) >= 11 is 0. The number of hydrogen-bond donors (Lipinski definition) is 3. The van der Waals surface area contributed by atoms with Gasteiger partial charge >= 0.3 is 0 Å². The first-order valence-electron chi connectivity index (χ1n) is 10.2. The molecule has 1 atom stereocenters. The number of amides is 1. The van der Waals surface area contributed by atoms with E-state index in [1.807, 2.05) is 18.2 Å². The van der Waals surface area contributed by atoms with E-state index >= 15 is 0 Å². The summed E-state index contributed by atoms with van der Waals surface area (Å²) in [7, 11) is 3.08. The van der Waals surface area contributed by atoms with Crippen LogP contribution in [0.2, 0.25) is 0 Å². The highest BCUT2D eigenvalue weighted by Crippen LogP contribution is 2.30. The van der Waals surface area contributed by atoms with Gasteiger partial charge in [0.15, 0.2) is 5.54 Å². The predicted molar refractivity (Wildman–Crippen MR) is 126 cm³/mol. The van der Waals surface area contributed by atoms with Crippen molar-refractivity contribution >= 4 is 12.2 Å². The van der Waals surface area contributed by atoms with Gasteiger partial charge in [-0.05, 0) is 31.7 Å². The molecule has 32 heavy (non-hydrogen) atoms. The Labute approximate surface area is 189 Å². The number of allylic oxidation sites excluding steroid dienone is 4. The lowest BCUT2D eigenvalue weighted by molar-refractivity contribution is -0.104. The van der Waals surface area contributed by atoms with Gasteiger partial charge in [-0.25, -0.2) is 0 Å². The summed E-state index contributed by atoms with van der Waals surface area (Å²) in [6.07, 6.45) is 6.55. The van der Waals surface area contributed by atoms with Crippen LogP contribution in [0.3, 0.4) is 0 Å². The van der Waals surface area contributed by atoms with Gasteiger partial charge in [0.25, 0.3) is 5.91 Å². The summed E-state index contributed by atoms with van der Waals surface area (Å²) in [6.45, 7) is 10.6. The fourth-order valence-electron chi connectivity index (χ4n) is 3.47. The van der Waals surface area contributed by atoms with Crippen LogP contribution in [0, 0.1) is 11.8 Å². The van der Waals surface area contributed by atoms with E-state index in [9.17, 15) is 9.59 Å². The van der Waals surface area contributed by atoms with Crippen molar-refractivity contribution in [2.75, 3.05) is 20.7 Å².